The van der Waals surface area contributed by atoms with Crippen molar-refractivity contribution in [3.05, 3.63) is 22.2 Å². The Morgan fingerprint density at radius 2 is 2.10 bits per heavy atom. The predicted octanol–water partition coefficient (Wildman–Crippen LogP) is 1.82. The molecule has 0 saturated heterocycles. The van der Waals surface area contributed by atoms with E-state index in [1.165, 1.54) is 12.1 Å². The van der Waals surface area contributed by atoms with Crippen molar-refractivity contribution in [3.63, 3.8) is 0 Å². The molecule has 21 heavy (non-hydrogen) atoms. The number of fused-ring (bicyclic) bond motifs is 1. The van der Waals surface area contributed by atoms with Crippen molar-refractivity contribution in [2.75, 3.05) is 11.4 Å². The van der Waals surface area contributed by atoms with Crippen LogP contribution in [-0.4, -0.2) is 38.9 Å². The molecule has 0 bridgehead atoms. The summed E-state index contributed by atoms with van der Waals surface area (Å²) in [6.45, 7) is 4.04. The van der Waals surface area contributed by atoms with Gasteiger partial charge in [-0.25, -0.2) is 4.63 Å². The fraction of sp³-hybridized carbons (Fsp3) is 0.417. The Balaban J connectivity index is 2.48. The molecule has 0 spiro atoms. The molecule has 0 aliphatic carbocycles. The van der Waals surface area contributed by atoms with Crippen LogP contribution in [-0.2, 0) is 4.79 Å². The van der Waals surface area contributed by atoms with Gasteiger partial charge in [-0.15, -0.1) is 0 Å². The number of nitro groups is 1. The predicted molar refractivity (Wildman–Crippen MR) is 73.2 cm³/mol. The Morgan fingerprint density at radius 3 is 2.67 bits per heavy atom. The molecule has 1 N–H and O–H groups in total. The van der Waals surface area contributed by atoms with Gasteiger partial charge in [0, 0.05) is 18.7 Å². The van der Waals surface area contributed by atoms with Crippen molar-refractivity contribution in [1.29, 1.82) is 0 Å². The number of non-ortho nitro benzene ring substituents is 1. The number of nitro benzene ring substituents is 1. The van der Waals surface area contributed by atoms with Gasteiger partial charge in [0.1, 0.15) is 0 Å². The van der Waals surface area contributed by atoms with Crippen LogP contribution in [0.5, 0.6) is 0 Å². The molecule has 0 atom stereocenters. The number of aliphatic carboxylic acids is 1. The molecule has 0 fully saturated rings. The average molecular weight is 294 g/mol. The Bertz CT molecular complexity index is 681. The number of rotatable bonds is 6. The molecule has 112 valence electrons. The molecule has 1 heterocycles. The van der Waals surface area contributed by atoms with Gasteiger partial charge in [0.05, 0.1) is 17.0 Å². The van der Waals surface area contributed by atoms with E-state index >= 15 is 0 Å². The van der Waals surface area contributed by atoms with Crippen LogP contribution in [0.2, 0.25) is 0 Å². The van der Waals surface area contributed by atoms with E-state index in [4.69, 9.17) is 5.11 Å². The lowest BCUT2D eigenvalue weighted by Crippen LogP contribution is -2.33. The molecule has 1 aromatic carbocycles. The molecule has 0 aliphatic heterocycles. The van der Waals surface area contributed by atoms with Crippen molar-refractivity contribution in [1.82, 2.24) is 10.3 Å². The molecule has 0 aliphatic rings. The molecular formula is C12H14N4O5. The van der Waals surface area contributed by atoms with Crippen molar-refractivity contribution in [2.45, 2.75) is 26.3 Å². The van der Waals surface area contributed by atoms with Gasteiger partial charge in [0.25, 0.3) is 0 Å². The second-order valence-corrected chi connectivity index (χ2v) is 4.75. The normalized spacial score (nSPS) is 11.0. The number of carboxylic acid groups (broad SMARTS) is 1. The Morgan fingerprint density at radius 1 is 1.43 bits per heavy atom. The van der Waals surface area contributed by atoms with Crippen molar-refractivity contribution < 1.29 is 19.5 Å². The quantitative estimate of drug-likeness (QED) is 0.632. The first-order valence-electron chi connectivity index (χ1n) is 6.30. The molecule has 1 aromatic heterocycles. The van der Waals surface area contributed by atoms with Gasteiger partial charge >= 0.3 is 11.7 Å². The zero-order chi connectivity index (χ0) is 15.6. The summed E-state index contributed by atoms with van der Waals surface area (Å²) in [5.41, 5.74) is 0.673. The third kappa shape index (κ3) is 2.91. The minimum atomic E-state index is -0.919. The maximum absolute atomic E-state index is 10.9. The highest BCUT2D eigenvalue weighted by Crippen LogP contribution is 2.32. The number of hydrogen-bond acceptors (Lipinski definition) is 7. The summed E-state index contributed by atoms with van der Waals surface area (Å²) in [6, 6.07) is 2.84. The molecule has 0 amide bonds. The lowest BCUT2D eigenvalue weighted by atomic mass is 10.1. The van der Waals surface area contributed by atoms with E-state index in [1.807, 2.05) is 13.8 Å². The molecule has 0 radical (unpaired) electrons. The zero-order valence-corrected chi connectivity index (χ0v) is 11.5. The average Bonchev–Trinajstić information content (AvgIpc) is 2.86. The first kappa shape index (κ1) is 14.7. The van der Waals surface area contributed by atoms with Gasteiger partial charge in [-0.05, 0) is 30.2 Å². The van der Waals surface area contributed by atoms with Crippen LogP contribution in [0.1, 0.15) is 20.3 Å². The summed E-state index contributed by atoms with van der Waals surface area (Å²) in [4.78, 5) is 22.9. The standard InChI is InChI=1S/C12H14N4O5/c1-7(2)15(6-5-10(17)18)8-3-4-9(16(19)20)12-11(8)13-21-14-12/h3-4,7H,5-6H2,1-2H3,(H,17,18). The molecule has 0 saturated carbocycles. The number of nitrogens with zero attached hydrogens (tertiary/aromatic N) is 4. The van der Waals surface area contributed by atoms with Crippen LogP contribution in [0.3, 0.4) is 0 Å². The Kier molecular flexibility index (Phi) is 4.01. The van der Waals surface area contributed by atoms with Gasteiger partial charge in [0.15, 0.2) is 5.52 Å². The third-order valence-electron chi connectivity index (χ3n) is 3.07. The van der Waals surface area contributed by atoms with Crippen LogP contribution in [0.25, 0.3) is 11.0 Å². The monoisotopic (exact) mass is 294 g/mol. The lowest BCUT2D eigenvalue weighted by Gasteiger charge is -2.28. The van der Waals surface area contributed by atoms with Crippen LogP contribution in [0.15, 0.2) is 16.8 Å². The summed E-state index contributed by atoms with van der Waals surface area (Å²) in [7, 11) is 0. The zero-order valence-electron chi connectivity index (χ0n) is 11.5. The minimum Gasteiger partial charge on any atom is -0.481 e. The minimum absolute atomic E-state index is 0.00861. The van der Waals surface area contributed by atoms with Crippen molar-refractivity contribution in [3.8, 4) is 0 Å². The van der Waals surface area contributed by atoms with Gasteiger partial charge in [-0.2, -0.15) is 0 Å². The number of anilines is 1. The molecule has 9 nitrogen and oxygen atoms in total. The Hall–Kier alpha value is -2.71. The van der Waals surface area contributed by atoms with E-state index in [9.17, 15) is 14.9 Å². The van der Waals surface area contributed by atoms with Gasteiger partial charge in [-0.3, -0.25) is 14.9 Å². The number of aromatic nitrogens is 2. The number of carbonyl (C=O) groups is 1. The largest absolute Gasteiger partial charge is 0.481 e. The highest BCUT2D eigenvalue weighted by Gasteiger charge is 2.23. The van der Waals surface area contributed by atoms with Gasteiger partial charge in [-0.1, -0.05) is 0 Å². The van der Waals surface area contributed by atoms with Crippen LogP contribution >= 0.6 is 0 Å². The second kappa shape index (κ2) is 5.73. The van der Waals surface area contributed by atoms with E-state index < -0.39 is 10.9 Å². The smallest absolute Gasteiger partial charge is 0.305 e. The maximum atomic E-state index is 10.9. The van der Waals surface area contributed by atoms with Crippen LogP contribution in [0, 0.1) is 10.1 Å². The summed E-state index contributed by atoms with van der Waals surface area (Å²) < 4.78 is 4.60. The number of carboxylic acids is 1. The maximum Gasteiger partial charge on any atom is 0.305 e. The van der Waals surface area contributed by atoms with E-state index in [-0.39, 0.29) is 35.7 Å². The Labute approximate surface area is 119 Å². The van der Waals surface area contributed by atoms with Crippen LogP contribution < -0.4 is 4.90 Å². The van der Waals surface area contributed by atoms with Gasteiger partial charge < -0.3 is 10.0 Å². The first-order chi connectivity index (χ1) is 9.91. The summed E-state index contributed by atoms with van der Waals surface area (Å²) in [5.74, 6) is -0.919. The van der Waals surface area contributed by atoms with E-state index in [2.05, 4.69) is 14.9 Å². The van der Waals surface area contributed by atoms with E-state index in [0.29, 0.717) is 5.69 Å². The fourth-order valence-corrected chi connectivity index (χ4v) is 2.09. The number of hydrogen-bond donors (Lipinski definition) is 1. The lowest BCUT2D eigenvalue weighted by molar-refractivity contribution is -0.383. The van der Waals surface area contributed by atoms with Crippen LogP contribution in [0.4, 0.5) is 11.4 Å². The van der Waals surface area contributed by atoms with E-state index in [1.54, 1.807) is 4.90 Å². The summed E-state index contributed by atoms with van der Waals surface area (Å²) >= 11 is 0. The molecular weight excluding hydrogens is 280 g/mol. The van der Waals surface area contributed by atoms with Crippen molar-refractivity contribution in [2.24, 2.45) is 0 Å². The molecule has 9 heteroatoms. The fourth-order valence-electron chi connectivity index (χ4n) is 2.09. The molecule has 2 aromatic rings. The molecule has 0 unspecified atom stereocenters. The molecule has 2 rings (SSSR count). The number of benzene rings is 1. The SMILES string of the molecule is CC(C)N(CCC(=O)O)c1ccc([N+](=O)[O-])c2nonc12. The van der Waals surface area contributed by atoms with Gasteiger partial charge in [0.2, 0.25) is 5.52 Å². The summed E-state index contributed by atoms with van der Waals surface area (Å²) in [6.07, 6.45) is -0.0536. The van der Waals surface area contributed by atoms with E-state index in [0.717, 1.165) is 0 Å². The summed E-state index contributed by atoms with van der Waals surface area (Å²) in [5, 5.41) is 27.0. The first-order valence-corrected chi connectivity index (χ1v) is 6.30. The van der Waals surface area contributed by atoms with Crippen molar-refractivity contribution >= 4 is 28.4 Å². The highest BCUT2D eigenvalue weighted by molar-refractivity contribution is 5.94. The highest BCUT2D eigenvalue weighted by atomic mass is 16.6. The topological polar surface area (TPSA) is 123 Å². The third-order valence-corrected chi connectivity index (χ3v) is 3.07. The second-order valence-electron chi connectivity index (χ2n) is 4.75.